The van der Waals surface area contributed by atoms with Crippen molar-refractivity contribution >= 4 is 0 Å². The van der Waals surface area contributed by atoms with Crippen LogP contribution in [0.2, 0.25) is 0 Å². The van der Waals surface area contributed by atoms with Gasteiger partial charge in [0.2, 0.25) is 6.79 Å². The number of allylic oxidation sites excluding steroid dienone is 1. The summed E-state index contributed by atoms with van der Waals surface area (Å²) in [5.41, 5.74) is 0. The second kappa shape index (κ2) is 9.82. The van der Waals surface area contributed by atoms with Crippen LogP contribution in [0.25, 0.3) is 0 Å². The predicted molar refractivity (Wildman–Crippen MR) is 52.5 cm³/mol. The first-order valence-corrected chi connectivity index (χ1v) is 3.96. The van der Waals surface area contributed by atoms with E-state index in [1.807, 2.05) is 26.8 Å². The number of rotatable bonds is 0. The van der Waals surface area contributed by atoms with Gasteiger partial charge < -0.3 is 9.47 Å². The minimum atomic E-state index is 0.318. The van der Waals surface area contributed by atoms with Crippen LogP contribution in [-0.4, -0.2) is 6.79 Å². The van der Waals surface area contributed by atoms with Gasteiger partial charge in [-0.2, -0.15) is 0 Å². The van der Waals surface area contributed by atoms with E-state index in [0.29, 0.717) is 12.6 Å². The Bertz CT molecular complexity index is 148. The van der Waals surface area contributed by atoms with E-state index in [1.54, 1.807) is 0 Å². The largest absolute Gasteiger partial charge is 0.454 e. The summed E-state index contributed by atoms with van der Waals surface area (Å²) in [5, 5.41) is 0. The Hall–Kier alpha value is -1.18. The highest BCUT2D eigenvalue weighted by Gasteiger charge is 2.10. The van der Waals surface area contributed by atoms with E-state index in [4.69, 9.17) is 9.47 Å². The summed E-state index contributed by atoms with van der Waals surface area (Å²) in [6, 6.07) is 0. The van der Waals surface area contributed by atoms with Crippen LogP contribution in [0.1, 0.15) is 20.8 Å². The SMILES string of the molecule is C=C.C=C1OCO/C1=C/C.CC. The van der Waals surface area contributed by atoms with Gasteiger partial charge in [0.25, 0.3) is 0 Å². The van der Waals surface area contributed by atoms with Crippen LogP contribution in [0.5, 0.6) is 0 Å². The van der Waals surface area contributed by atoms with Crippen molar-refractivity contribution in [2.45, 2.75) is 20.8 Å². The summed E-state index contributed by atoms with van der Waals surface area (Å²) in [6.45, 7) is 15.8. The van der Waals surface area contributed by atoms with Crippen molar-refractivity contribution in [1.29, 1.82) is 0 Å². The molecule has 0 unspecified atom stereocenters. The molecule has 0 aromatic heterocycles. The molecule has 1 aliphatic heterocycles. The van der Waals surface area contributed by atoms with Crippen LogP contribution in [0, 0.1) is 0 Å². The summed E-state index contributed by atoms with van der Waals surface area (Å²) in [7, 11) is 0. The predicted octanol–water partition coefficient (Wildman–Crippen LogP) is 3.24. The molecule has 0 amide bonds. The van der Waals surface area contributed by atoms with Gasteiger partial charge in [-0.25, -0.2) is 0 Å². The fraction of sp³-hybridized carbons (Fsp3) is 0.400. The second-order valence-electron chi connectivity index (χ2n) is 1.48. The zero-order valence-electron chi connectivity index (χ0n) is 8.22. The van der Waals surface area contributed by atoms with Gasteiger partial charge in [-0.15, -0.1) is 13.2 Å². The Balaban J connectivity index is 0. The Kier molecular flexibility index (Phi) is 11.0. The molecule has 2 heteroatoms. The number of hydrogen-bond acceptors (Lipinski definition) is 2. The van der Waals surface area contributed by atoms with Crippen molar-refractivity contribution in [3.8, 4) is 0 Å². The van der Waals surface area contributed by atoms with Gasteiger partial charge in [-0.05, 0) is 13.0 Å². The highest BCUT2D eigenvalue weighted by atomic mass is 16.7. The first-order valence-electron chi connectivity index (χ1n) is 3.96. The highest BCUT2D eigenvalue weighted by Crippen LogP contribution is 2.17. The van der Waals surface area contributed by atoms with Crippen LogP contribution in [0.3, 0.4) is 0 Å². The van der Waals surface area contributed by atoms with Crippen LogP contribution < -0.4 is 0 Å². The minimum Gasteiger partial charge on any atom is -0.454 e. The molecule has 0 aliphatic carbocycles. The van der Waals surface area contributed by atoms with Gasteiger partial charge >= 0.3 is 0 Å². The van der Waals surface area contributed by atoms with Gasteiger partial charge in [0.15, 0.2) is 11.5 Å². The molecule has 0 aromatic rings. The molecule has 12 heavy (non-hydrogen) atoms. The fourth-order valence-corrected chi connectivity index (χ4v) is 0.560. The summed E-state index contributed by atoms with van der Waals surface area (Å²) < 4.78 is 9.83. The quantitative estimate of drug-likeness (QED) is 0.519. The molecule has 70 valence electrons. The fourth-order valence-electron chi connectivity index (χ4n) is 0.560. The lowest BCUT2D eigenvalue weighted by Gasteiger charge is -1.88. The summed E-state index contributed by atoms with van der Waals surface area (Å²) in [4.78, 5) is 0. The molecular weight excluding hydrogens is 152 g/mol. The topological polar surface area (TPSA) is 18.5 Å². The molecule has 0 atom stereocenters. The average molecular weight is 170 g/mol. The Morgan fingerprint density at radius 2 is 1.75 bits per heavy atom. The molecule has 0 bridgehead atoms. The van der Waals surface area contributed by atoms with Crippen molar-refractivity contribution in [2.24, 2.45) is 0 Å². The molecule has 1 rings (SSSR count). The number of ether oxygens (including phenoxy) is 2. The lowest BCUT2D eigenvalue weighted by atomic mass is 10.4. The Labute approximate surface area is 75.2 Å². The molecule has 0 N–H and O–H groups in total. The molecule has 0 radical (unpaired) electrons. The van der Waals surface area contributed by atoms with Crippen LogP contribution in [-0.2, 0) is 9.47 Å². The first kappa shape index (κ1) is 13.4. The highest BCUT2D eigenvalue weighted by molar-refractivity contribution is 5.17. The second-order valence-corrected chi connectivity index (χ2v) is 1.48. The van der Waals surface area contributed by atoms with E-state index in [0.717, 1.165) is 5.76 Å². The normalized spacial score (nSPS) is 16.2. The maximum Gasteiger partial charge on any atom is 0.231 e. The maximum atomic E-state index is 4.95. The number of hydrogen-bond donors (Lipinski definition) is 0. The maximum absolute atomic E-state index is 4.95. The van der Waals surface area contributed by atoms with Crippen LogP contribution in [0.15, 0.2) is 37.3 Å². The molecule has 0 aromatic carbocycles. The summed E-state index contributed by atoms with van der Waals surface area (Å²) in [6.07, 6.45) is 1.83. The molecule has 0 spiro atoms. The molecule has 1 saturated heterocycles. The molecule has 1 aliphatic rings. The smallest absolute Gasteiger partial charge is 0.231 e. The summed E-state index contributed by atoms with van der Waals surface area (Å²) >= 11 is 0. The molecule has 1 fully saturated rings. The van der Waals surface area contributed by atoms with Crippen molar-refractivity contribution in [1.82, 2.24) is 0 Å². The summed E-state index contributed by atoms with van der Waals surface area (Å²) in [5.74, 6) is 1.39. The third-order valence-corrected chi connectivity index (χ3v) is 0.985. The van der Waals surface area contributed by atoms with Crippen molar-refractivity contribution in [2.75, 3.05) is 6.79 Å². The van der Waals surface area contributed by atoms with Gasteiger partial charge in [-0.3, -0.25) is 0 Å². The van der Waals surface area contributed by atoms with Crippen LogP contribution >= 0.6 is 0 Å². The van der Waals surface area contributed by atoms with Crippen LogP contribution in [0.4, 0.5) is 0 Å². The monoisotopic (exact) mass is 170 g/mol. The molecular formula is C10H18O2. The van der Waals surface area contributed by atoms with Gasteiger partial charge in [0.1, 0.15) is 0 Å². The zero-order chi connectivity index (χ0) is 9.98. The van der Waals surface area contributed by atoms with Crippen molar-refractivity contribution in [3.63, 3.8) is 0 Å². The third-order valence-electron chi connectivity index (χ3n) is 0.985. The molecule has 0 saturated carbocycles. The molecule has 1 heterocycles. The van der Waals surface area contributed by atoms with E-state index >= 15 is 0 Å². The third kappa shape index (κ3) is 4.61. The Morgan fingerprint density at radius 3 is 1.92 bits per heavy atom. The van der Waals surface area contributed by atoms with Crippen molar-refractivity contribution in [3.05, 3.63) is 37.3 Å². The molecule has 2 nitrogen and oxygen atoms in total. The minimum absolute atomic E-state index is 0.318. The standard InChI is InChI=1S/C6H8O2.C2H6.C2H4/c1-3-6-5(2)7-4-8-6;2*1-2/h3H,2,4H2,1H3;1-2H3;1-2H2/b6-3+;;. The van der Waals surface area contributed by atoms with E-state index in [2.05, 4.69) is 19.7 Å². The lowest BCUT2D eigenvalue weighted by Crippen LogP contribution is -1.76. The lowest BCUT2D eigenvalue weighted by molar-refractivity contribution is 0.0979. The van der Waals surface area contributed by atoms with E-state index < -0.39 is 0 Å². The zero-order valence-corrected chi connectivity index (χ0v) is 8.22. The first-order chi connectivity index (χ1) is 5.84. The van der Waals surface area contributed by atoms with E-state index in [1.165, 1.54) is 0 Å². The van der Waals surface area contributed by atoms with Crippen molar-refractivity contribution < 1.29 is 9.47 Å². The average Bonchev–Trinajstić information content (AvgIpc) is 2.58. The van der Waals surface area contributed by atoms with Gasteiger partial charge in [0, 0.05) is 0 Å². The van der Waals surface area contributed by atoms with E-state index in [-0.39, 0.29) is 0 Å². The van der Waals surface area contributed by atoms with Gasteiger partial charge in [0.05, 0.1) is 0 Å². The Morgan fingerprint density at radius 1 is 1.25 bits per heavy atom. The van der Waals surface area contributed by atoms with E-state index in [9.17, 15) is 0 Å². The van der Waals surface area contributed by atoms with Gasteiger partial charge in [-0.1, -0.05) is 20.4 Å².